The maximum Gasteiger partial charge on any atom is 0.322 e. The zero-order chi connectivity index (χ0) is 28.7. The van der Waals surface area contributed by atoms with Crippen LogP contribution in [0.4, 0.5) is 11.4 Å². The summed E-state index contributed by atoms with van der Waals surface area (Å²) in [5, 5.41) is 9.77. The summed E-state index contributed by atoms with van der Waals surface area (Å²) in [4.78, 5) is 16.5. The molecule has 0 aromatic heterocycles. The molecule has 1 heterocycles. The third kappa shape index (κ3) is 7.45. The molecule has 1 fully saturated rings. The van der Waals surface area contributed by atoms with E-state index in [0.717, 1.165) is 37.4 Å². The number of hydrogen-bond donors (Lipinski definition) is 2. The van der Waals surface area contributed by atoms with Crippen LogP contribution in [0.25, 0.3) is 0 Å². The van der Waals surface area contributed by atoms with Crippen LogP contribution >= 0.6 is 0 Å². The fourth-order valence-corrected chi connectivity index (χ4v) is 6.02. The van der Waals surface area contributed by atoms with Gasteiger partial charge in [0.25, 0.3) is 0 Å². The van der Waals surface area contributed by atoms with E-state index < -0.39 is 22.0 Å². The van der Waals surface area contributed by atoms with Crippen molar-refractivity contribution in [2.75, 3.05) is 36.0 Å². The van der Waals surface area contributed by atoms with Gasteiger partial charge in [-0.05, 0) is 66.1 Å². The van der Waals surface area contributed by atoms with Crippen LogP contribution in [0.3, 0.4) is 0 Å². The lowest BCUT2D eigenvalue weighted by Crippen LogP contribution is -2.46. The van der Waals surface area contributed by atoms with Crippen molar-refractivity contribution in [2.45, 2.75) is 24.0 Å². The number of benzene rings is 4. The van der Waals surface area contributed by atoms with Gasteiger partial charge in [0.1, 0.15) is 18.4 Å². The van der Waals surface area contributed by atoms with E-state index >= 15 is 0 Å². The second-order valence-corrected chi connectivity index (χ2v) is 11.7. The number of piperazine rings is 1. The molecular formula is C32H33N3O5S. The van der Waals surface area contributed by atoms with Crippen molar-refractivity contribution in [2.24, 2.45) is 0 Å². The number of ether oxygens (including phenoxy) is 1. The average molecular weight is 572 g/mol. The molecule has 4 aromatic carbocycles. The Bertz CT molecular complexity index is 1520. The summed E-state index contributed by atoms with van der Waals surface area (Å²) in [6.45, 7) is 3.78. The Morgan fingerprint density at radius 2 is 1.27 bits per heavy atom. The van der Waals surface area contributed by atoms with Crippen molar-refractivity contribution >= 4 is 27.4 Å². The number of carboxylic acid groups (broad SMARTS) is 1. The number of anilines is 2. The SMILES string of the molecule is O=C(O)[C@H](Cc1ccc(OCc2ccccc2)cc1)NS(=O)(=O)c1ccc(N2CCN(c3ccccc3)CC2)cc1. The van der Waals surface area contributed by atoms with Crippen LogP contribution in [0.15, 0.2) is 114 Å². The normalized spacial score (nSPS) is 14.4. The third-order valence-electron chi connectivity index (χ3n) is 7.12. The Morgan fingerprint density at radius 1 is 0.732 bits per heavy atom. The highest BCUT2D eigenvalue weighted by molar-refractivity contribution is 7.89. The maximum absolute atomic E-state index is 13.1. The first kappa shape index (κ1) is 28.2. The number of nitrogens with one attached hydrogen (secondary N) is 1. The Morgan fingerprint density at radius 3 is 1.83 bits per heavy atom. The van der Waals surface area contributed by atoms with Crippen LogP contribution in [-0.2, 0) is 27.8 Å². The van der Waals surface area contributed by atoms with Gasteiger partial charge in [-0.1, -0.05) is 60.7 Å². The molecule has 1 atom stereocenters. The number of nitrogens with zero attached hydrogens (tertiary/aromatic N) is 2. The van der Waals surface area contributed by atoms with Crippen LogP contribution in [0.5, 0.6) is 5.75 Å². The van der Waals surface area contributed by atoms with Gasteiger partial charge in [-0.25, -0.2) is 8.42 Å². The first-order valence-corrected chi connectivity index (χ1v) is 15.0. The molecule has 1 aliphatic rings. The molecule has 2 N–H and O–H groups in total. The lowest BCUT2D eigenvalue weighted by atomic mass is 10.1. The summed E-state index contributed by atoms with van der Waals surface area (Å²) in [7, 11) is -4.05. The quantitative estimate of drug-likeness (QED) is 0.272. The van der Waals surface area contributed by atoms with Crippen LogP contribution in [0.1, 0.15) is 11.1 Å². The fourth-order valence-electron chi connectivity index (χ4n) is 4.83. The highest BCUT2D eigenvalue weighted by Crippen LogP contribution is 2.23. The first-order chi connectivity index (χ1) is 19.9. The number of para-hydroxylation sites is 1. The average Bonchev–Trinajstić information content (AvgIpc) is 3.01. The molecular weight excluding hydrogens is 538 g/mol. The topological polar surface area (TPSA) is 99.2 Å². The Kier molecular flexibility index (Phi) is 8.86. The molecule has 4 aromatic rings. The molecule has 0 radical (unpaired) electrons. The lowest BCUT2D eigenvalue weighted by Gasteiger charge is -2.37. The van der Waals surface area contributed by atoms with Crippen molar-refractivity contribution in [3.63, 3.8) is 0 Å². The first-order valence-electron chi connectivity index (χ1n) is 13.5. The number of aliphatic carboxylic acids is 1. The van der Waals surface area contributed by atoms with Gasteiger partial charge >= 0.3 is 5.97 Å². The maximum atomic E-state index is 13.1. The second-order valence-electron chi connectivity index (χ2n) is 9.94. The number of carboxylic acids is 1. The standard InChI is InChI=1S/C32H33N3O5S/c36-32(37)31(23-25-11-15-29(16-12-25)40-24-26-7-3-1-4-8-26)33-41(38,39)30-17-13-28(14-18-30)35-21-19-34(20-22-35)27-9-5-2-6-10-27/h1-18,31,33H,19-24H2,(H,36,37)/t31-/m0/s1. The van der Waals surface area contributed by atoms with E-state index in [2.05, 4.69) is 26.7 Å². The molecule has 1 aliphatic heterocycles. The summed E-state index contributed by atoms with van der Waals surface area (Å²) in [5.41, 5.74) is 3.84. The predicted octanol–water partition coefficient (Wildman–Crippen LogP) is 4.57. The minimum absolute atomic E-state index is 0.00267. The van der Waals surface area contributed by atoms with Gasteiger partial charge in [0.05, 0.1) is 4.90 Å². The smallest absolute Gasteiger partial charge is 0.322 e. The minimum atomic E-state index is -4.05. The second kappa shape index (κ2) is 12.9. The predicted molar refractivity (Wildman–Crippen MR) is 160 cm³/mol. The van der Waals surface area contributed by atoms with Gasteiger partial charge in [-0.15, -0.1) is 0 Å². The minimum Gasteiger partial charge on any atom is -0.489 e. The van der Waals surface area contributed by atoms with Crippen molar-refractivity contribution < 1.29 is 23.1 Å². The molecule has 0 unspecified atom stereocenters. The van der Waals surface area contributed by atoms with E-state index in [4.69, 9.17) is 4.74 Å². The molecule has 0 saturated carbocycles. The third-order valence-corrected chi connectivity index (χ3v) is 8.61. The molecule has 41 heavy (non-hydrogen) atoms. The van der Waals surface area contributed by atoms with E-state index in [9.17, 15) is 18.3 Å². The van der Waals surface area contributed by atoms with E-state index in [-0.39, 0.29) is 11.3 Å². The van der Waals surface area contributed by atoms with Gasteiger partial charge in [0.2, 0.25) is 10.0 Å². The summed E-state index contributed by atoms with van der Waals surface area (Å²) in [5.74, 6) is -0.600. The van der Waals surface area contributed by atoms with E-state index in [1.54, 1.807) is 36.4 Å². The number of sulfonamides is 1. The van der Waals surface area contributed by atoms with Crippen LogP contribution in [-0.4, -0.2) is 51.7 Å². The lowest BCUT2D eigenvalue weighted by molar-refractivity contribution is -0.138. The summed E-state index contributed by atoms with van der Waals surface area (Å²) in [6, 6.07) is 32.3. The summed E-state index contributed by atoms with van der Waals surface area (Å²) in [6.07, 6.45) is -0.00267. The molecule has 0 amide bonds. The summed E-state index contributed by atoms with van der Waals surface area (Å²) >= 11 is 0. The van der Waals surface area contributed by atoms with Gasteiger partial charge in [-0.3, -0.25) is 4.79 Å². The highest BCUT2D eigenvalue weighted by atomic mass is 32.2. The van der Waals surface area contributed by atoms with Crippen molar-refractivity contribution in [1.29, 1.82) is 0 Å². The molecule has 0 spiro atoms. The van der Waals surface area contributed by atoms with Gasteiger partial charge in [-0.2, -0.15) is 4.72 Å². The largest absolute Gasteiger partial charge is 0.489 e. The highest BCUT2D eigenvalue weighted by Gasteiger charge is 2.26. The molecule has 9 heteroatoms. The molecule has 212 valence electrons. The Balaban J connectivity index is 1.17. The monoisotopic (exact) mass is 571 g/mol. The zero-order valence-electron chi connectivity index (χ0n) is 22.6. The van der Waals surface area contributed by atoms with Gasteiger partial charge < -0.3 is 19.6 Å². The van der Waals surface area contributed by atoms with Crippen LogP contribution in [0.2, 0.25) is 0 Å². The van der Waals surface area contributed by atoms with E-state index in [1.165, 1.54) is 17.8 Å². The fraction of sp³-hybridized carbons (Fsp3) is 0.219. The van der Waals surface area contributed by atoms with Gasteiger partial charge in [0, 0.05) is 37.6 Å². The summed E-state index contributed by atoms with van der Waals surface area (Å²) < 4.78 is 34.3. The molecule has 0 bridgehead atoms. The number of carbonyl (C=O) groups is 1. The van der Waals surface area contributed by atoms with Crippen molar-refractivity contribution in [3.05, 3.63) is 120 Å². The zero-order valence-corrected chi connectivity index (χ0v) is 23.4. The Labute approximate surface area is 240 Å². The molecule has 0 aliphatic carbocycles. The molecule has 1 saturated heterocycles. The number of rotatable bonds is 11. The van der Waals surface area contributed by atoms with Gasteiger partial charge in [0.15, 0.2) is 0 Å². The molecule has 8 nitrogen and oxygen atoms in total. The van der Waals surface area contributed by atoms with E-state index in [0.29, 0.717) is 17.9 Å². The van der Waals surface area contributed by atoms with Crippen molar-refractivity contribution in [3.8, 4) is 5.75 Å². The van der Waals surface area contributed by atoms with Crippen molar-refractivity contribution in [1.82, 2.24) is 4.72 Å². The van der Waals surface area contributed by atoms with E-state index in [1.807, 2.05) is 48.5 Å². The molecule has 5 rings (SSSR count). The van der Waals surface area contributed by atoms with Crippen LogP contribution < -0.4 is 19.3 Å². The van der Waals surface area contributed by atoms with Crippen LogP contribution in [0, 0.1) is 0 Å². The number of hydrogen-bond acceptors (Lipinski definition) is 6. The Hall–Kier alpha value is -4.34.